The summed E-state index contributed by atoms with van der Waals surface area (Å²) in [4.78, 5) is 1.99. The molecule has 0 spiro atoms. The third-order valence-corrected chi connectivity index (χ3v) is 5.81. The van der Waals surface area contributed by atoms with Crippen LogP contribution in [0.15, 0.2) is 36.4 Å². The summed E-state index contributed by atoms with van der Waals surface area (Å²) < 4.78 is 72.6. The number of fused-ring (bicyclic) bond motifs is 1. The van der Waals surface area contributed by atoms with Gasteiger partial charge >= 0.3 is 6.18 Å². The van der Waals surface area contributed by atoms with E-state index in [4.69, 9.17) is 4.74 Å². The van der Waals surface area contributed by atoms with Gasteiger partial charge in [0, 0.05) is 6.54 Å². The number of hydrogen-bond acceptors (Lipinski definition) is 8. The molecule has 0 N–H and O–H groups in total. The van der Waals surface area contributed by atoms with Crippen LogP contribution in [-0.4, -0.2) is 54.2 Å². The number of hydrogen-bond donors (Lipinski definition) is 0. The van der Waals surface area contributed by atoms with E-state index in [1.807, 2.05) is 17.0 Å². The molecule has 2 aromatic heterocycles. The van der Waals surface area contributed by atoms with Gasteiger partial charge in [-0.15, -0.1) is 15.3 Å². The molecule has 0 radical (unpaired) electrons. The molecule has 1 unspecified atom stereocenters. The van der Waals surface area contributed by atoms with Crippen LogP contribution in [-0.2, 0) is 20.5 Å². The Bertz CT molecular complexity index is 1210. The van der Waals surface area contributed by atoms with Gasteiger partial charge in [0.2, 0.25) is 0 Å². The van der Waals surface area contributed by atoms with E-state index in [0.717, 1.165) is 35.6 Å². The van der Waals surface area contributed by atoms with Crippen molar-refractivity contribution < 1.29 is 30.5 Å². The summed E-state index contributed by atoms with van der Waals surface area (Å²) in [7, 11) is -3.52. The highest BCUT2D eigenvalue weighted by Gasteiger charge is 2.38. The van der Waals surface area contributed by atoms with Gasteiger partial charge in [0.25, 0.3) is 15.9 Å². The van der Waals surface area contributed by atoms with Crippen molar-refractivity contribution in [3.8, 4) is 5.75 Å². The third kappa shape index (κ3) is 5.53. The summed E-state index contributed by atoms with van der Waals surface area (Å²) >= 11 is 0. The topological polar surface area (TPSA) is 98.9 Å². The molecule has 33 heavy (non-hydrogen) atoms. The molecule has 1 fully saturated rings. The Hall–Kier alpha value is -2.93. The zero-order chi connectivity index (χ0) is 23.6. The molecule has 9 nitrogen and oxygen atoms in total. The first kappa shape index (κ1) is 23.2. The van der Waals surface area contributed by atoms with Gasteiger partial charge in [-0.2, -0.15) is 26.1 Å². The maximum absolute atomic E-state index is 13.2. The monoisotopic (exact) mass is 485 g/mol. The lowest BCUT2D eigenvalue weighted by molar-refractivity contribution is -0.146. The lowest BCUT2D eigenvalue weighted by Gasteiger charge is -2.37. The Kier molecular flexibility index (Phi) is 6.43. The van der Waals surface area contributed by atoms with Crippen LogP contribution in [0.1, 0.15) is 36.7 Å². The quantitative estimate of drug-likeness (QED) is 0.372. The van der Waals surface area contributed by atoms with E-state index in [1.165, 1.54) is 6.07 Å². The zero-order valence-corrected chi connectivity index (χ0v) is 18.5. The minimum atomic E-state index is -4.66. The van der Waals surface area contributed by atoms with Gasteiger partial charge in [-0.05, 0) is 49.1 Å². The van der Waals surface area contributed by atoms with Crippen LogP contribution in [0.3, 0.4) is 0 Å². The van der Waals surface area contributed by atoms with Gasteiger partial charge in [0.1, 0.15) is 24.8 Å². The number of alkyl halides is 3. The maximum atomic E-state index is 13.2. The second-order valence-electron chi connectivity index (χ2n) is 7.63. The Morgan fingerprint density at radius 3 is 2.52 bits per heavy atom. The standard InChI is InChI=1S/C20H22F3N5O4S/c1-33(29,30)32-13-12-31-15-7-5-14(6-8-15)16-4-2-3-11-27(16)18-10-9-17-24-25-19(20(21,22)23)28(17)26-18/h5-10,16H,2-4,11-13H2,1H3. The molecular weight excluding hydrogens is 463 g/mol. The van der Waals surface area contributed by atoms with Crippen LogP contribution < -0.4 is 9.64 Å². The van der Waals surface area contributed by atoms with Gasteiger partial charge in [0.15, 0.2) is 5.65 Å². The second kappa shape index (κ2) is 9.14. The average molecular weight is 485 g/mol. The molecule has 0 bridgehead atoms. The predicted molar refractivity (Wildman–Crippen MR) is 112 cm³/mol. The summed E-state index contributed by atoms with van der Waals surface area (Å²) in [5.41, 5.74) is 0.997. The van der Waals surface area contributed by atoms with Crippen molar-refractivity contribution in [3.05, 3.63) is 47.8 Å². The van der Waals surface area contributed by atoms with Crippen molar-refractivity contribution in [1.29, 1.82) is 0 Å². The Morgan fingerprint density at radius 1 is 1.06 bits per heavy atom. The van der Waals surface area contributed by atoms with E-state index in [1.54, 1.807) is 18.2 Å². The van der Waals surface area contributed by atoms with Gasteiger partial charge in [0.05, 0.1) is 12.3 Å². The Balaban J connectivity index is 1.52. The number of ether oxygens (including phenoxy) is 1. The molecular formula is C20H22F3N5O4S. The van der Waals surface area contributed by atoms with Gasteiger partial charge in [-0.3, -0.25) is 4.18 Å². The maximum Gasteiger partial charge on any atom is 0.453 e. The molecule has 178 valence electrons. The van der Waals surface area contributed by atoms with Crippen molar-refractivity contribution in [2.45, 2.75) is 31.5 Å². The van der Waals surface area contributed by atoms with E-state index in [9.17, 15) is 21.6 Å². The molecule has 13 heteroatoms. The summed E-state index contributed by atoms with van der Waals surface area (Å²) in [5, 5.41) is 11.0. The van der Waals surface area contributed by atoms with Crippen LogP contribution in [0.25, 0.3) is 5.65 Å². The van der Waals surface area contributed by atoms with Gasteiger partial charge in [-0.25, -0.2) is 0 Å². The smallest absolute Gasteiger partial charge is 0.453 e. The first-order valence-electron chi connectivity index (χ1n) is 10.3. The molecule has 1 aliphatic rings. The highest BCUT2D eigenvalue weighted by Crippen LogP contribution is 2.35. The van der Waals surface area contributed by atoms with E-state index in [0.29, 0.717) is 18.1 Å². The lowest BCUT2D eigenvalue weighted by atomic mass is 9.95. The average Bonchev–Trinajstić information content (AvgIpc) is 3.20. The predicted octanol–water partition coefficient (Wildman–Crippen LogP) is 3.23. The molecule has 1 aromatic carbocycles. The van der Waals surface area contributed by atoms with Crippen LogP contribution in [0.2, 0.25) is 0 Å². The molecule has 0 amide bonds. The van der Waals surface area contributed by atoms with Gasteiger partial charge in [-0.1, -0.05) is 12.1 Å². The molecule has 3 heterocycles. The number of aromatic nitrogens is 4. The number of rotatable bonds is 7. The molecule has 1 atom stereocenters. The number of halogens is 3. The van der Waals surface area contributed by atoms with Gasteiger partial charge < -0.3 is 9.64 Å². The fourth-order valence-electron chi connectivity index (χ4n) is 3.79. The SMILES string of the molecule is CS(=O)(=O)OCCOc1ccc(C2CCCCN2c2ccc3nnc(C(F)(F)F)n3n2)cc1. The highest BCUT2D eigenvalue weighted by atomic mass is 32.2. The fourth-order valence-corrected chi connectivity index (χ4v) is 4.16. The van der Waals surface area contributed by atoms with Crippen LogP contribution in [0.5, 0.6) is 5.75 Å². The van der Waals surface area contributed by atoms with Crippen molar-refractivity contribution in [2.75, 3.05) is 30.9 Å². The molecule has 1 aliphatic heterocycles. The minimum absolute atomic E-state index is 0.0287. The van der Waals surface area contributed by atoms with E-state index < -0.39 is 22.1 Å². The van der Waals surface area contributed by atoms with E-state index in [-0.39, 0.29) is 24.9 Å². The lowest BCUT2D eigenvalue weighted by Crippen LogP contribution is -2.34. The van der Waals surface area contributed by atoms with Crippen molar-refractivity contribution >= 4 is 21.6 Å². The summed E-state index contributed by atoms with van der Waals surface area (Å²) in [6, 6.07) is 10.4. The normalized spacial score (nSPS) is 17.5. The van der Waals surface area contributed by atoms with Crippen LogP contribution in [0.4, 0.5) is 19.0 Å². The molecule has 0 saturated carbocycles. The number of anilines is 1. The Morgan fingerprint density at radius 2 is 1.82 bits per heavy atom. The van der Waals surface area contributed by atoms with Crippen LogP contribution >= 0.6 is 0 Å². The van der Waals surface area contributed by atoms with Crippen molar-refractivity contribution in [1.82, 2.24) is 19.8 Å². The first-order chi connectivity index (χ1) is 15.6. The molecule has 0 aliphatic carbocycles. The second-order valence-corrected chi connectivity index (χ2v) is 9.28. The minimum Gasteiger partial charge on any atom is -0.491 e. The summed E-state index contributed by atoms with van der Waals surface area (Å²) in [5.74, 6) is -0.193. The third-order valence-electron chi connectivity index (χ3n) is 5.21. The van der Waals surface area contributed by atoms with Crippen LogP contribution in [0, 0.1) is 0 Å². The number of nitrogens with zero attached hydrogens (tertiary/aromatic N) is 5. The van der Waals surface area contributed by atoms with Crippen molar-refractivity contribution in [2.24, 2.45) is 0 Å². The van der Waals surface area contributed by atoms with E-state index in [2.05, 4.69) is 19.5 Å². The fraction of sp³-hybridized carbons (Fsp3) is 0.450. The molecule has 4 rings (SSSR count). The molecule has 1 saturated heterocycles. The van der Waals surface area contributed by atoms with Crippen molar-refractivity contribution in [3.63, 3.8) is 0 Å². The Labute approximate surface area is 188 Å². The largest absolute Gasteiger partial charge is 0.491 e. The highest BCUT2D eigenvalue weighted by molar-refractivity contribution is 7.85. The first-order valence-corrected chi connectivity index (χ1v) is 12.1. The summed E-state index contributed by atoms with van der Waals surface area (Å²) in [6.45, 7) is 0.633. The van der Waals surface area contributed by atoms with E-state index >= 15 is 0 Å². The number of benzene rings is 1. The zero-order valence-electron chi connectivity index (χ0n) is 17.7. The number of piperidine rings is 1. The molecule has 3 aromatic rings. The summed E-state index contributed by atoms with van der Waals surface area (Å²) in [6.07, 6.45) is -1.00.